The second kappa shape index (κ2) is 7.20. The van der Waals surface area contributed by atoms with Crippen molar-refractivity contribution < 1.29 is 19.4 Å². The van der Waals surface area contributed by atoms with E-state index in [1.807, 2.05) is 6.92 Å². The van der Waals surface area contributed by atoms with Crippen LogP contribution in [0.2, 0.25) is 0 Å². The van der Waals surface area contributed by atoms with E-state index in [2.05, 4.69) is 5.32 Å². The van der Waals surface area contributed by atoms with Crippen molar-refractivity contribution in [3.8, 4) is 0 Å². The van der Waals surface area contributed by atoms with Gasteiger partial charge in [-0.25, -0.2) is 9.59 Å². The van der Waals surface area contributed by atoms with Crippen molar-refractivity contribution in [3.05, 3.63) is 0 Å². The van der Waals surface area contributed by atoms with Crippen molar-refractivity contribution in [2.45, 2.75) is 44.8 Å². The van der Waals surface area contributed by atoms with Crippen molar-refractivity contribution >= 4 is 12.0 Å². The molecule has 1 rings (SSSR count). The van der Waals surface area contributed by atoms with Gasteiger partial charge in [-0.3, -0.25) is 0 Å². The molecule has 1 saturated heterocycles. The van der Waals surface area contributed by atoms with Gasteiger partial charge in [-0.2, -0.15) is 0 Å². The van der Waals surface area contributed by atoms with Crippen LogP contribution in [-0.4, -0.2) is 54.4 Å². The van der Waals surface area contributed by atoms with Gasteiger partial charge in [0.1, 0.15) is 6.04 Å². The van der Waals surface area contributed by atoms with Crippen LogP contribution in [-0.2, 0) is 9.53 Å². The van der Waals surface area contributed by atoms with Crippen LogP contribution >= 0.6 is 0 Å². The Morgan fingerprint density at radius 1 is 1.44 bits per heavy atom. The minimum atomic E-state index is -0.975. The first-order valence-corrected chi connectivity index (χ1v) is 6.39. The molecule has 104 valence electrons. The number of carboxylic acids is 1. The average molecular weight is 258 g/mol. The van der Waals surface area contributed by atoms with Crippen molar-refractivity contribution in [3.63, 3.8) is 0 Å². The molecule has 1 heterocycles. The van der Waals surface area contributed by atoms with Crippen LogP contribution in [0.5, 0.6) is 0 Å². The summed E-state index contributed by atoms with van der Waals surface area (Å²) in [5, 5.41) is 11.5. The lowest BCUT2D eigenvalue weighted by Gasteiger charge is -2.32. The third kappa shape index (κ3) is 4.18. The topological polar surface area (TPSA) is 78.9 Å². The van der Waals surface area contributed by atoms with Crippen molar-refractivity contribution in [1.29, 1.82) is 0 Å². The Hall–Kier alpha value is -1.30. The lowest BCUT2D eigenvalue weighted by molar-refractivity contribution is -0.139. The summed E-state index contributed by atoms with van der Waals surface area (Å²) in [7, 11) is 1.67. The zero-order valence-corrected chi connectivity index (χ0v) is 11.0. The Labute approximate surface area is 107 Å². The minimum Gasteiger partial charge on any atom is -0.480 e. The normalized spacial score (nSPS) is 18.4. The number of likely N-dealkylation sites (tertiary alicyclic amines) is 1. The summed E-state index contributed by atoms with van der Waals surface area (Å²) < 4.78 is 5.22. The van der Waals surface area contributed by atoms with Gasteiger partial charge in [-0.1, -0.05) is 13.3 Å². The van der Waals surface area contributed by atoms with E-state index in [0.717, 1.165) is 19.3 Å². The second-order valence-electron chi connectivity index (χ2n) is 4.55. The maximum Gasteiger partial charge on any atom is 0.326 e. The third-order valence-corrected chi connectivity index (χ3v) is 3.24. The number of hydrogen-bond acceptors (Lipinski definition) is 3. The summed E-state index contributed by atoms with van der Waals surface area (Å²) in [4.78, 5) is 24.5. The Morgan fingerprint density at radius 3 is 2.50 bits per heavy atom. The number of hydrogen-bond donors (Lipinski definition) is 2. The number of nitrogens with one attached hydrogen (secondary N) is 1. The Kier molecular flexibility index (Phi) is 5.91. The molecular weight excluding hydrogens is 236 g/mol. The monoisotopic (exact) mass is 258 g/mol. The highest BCUT2D eigenvalue weighted by Crippen LogP contribution is 2.13. The summed E-state index contributed by atoms with van der Waals surface area (Å²) >= 11 is 0. The van der Waals surface area contributed by atoms with Crippen LogP contribution in [0.25, 0.3) is 0 Å². The smallest absolute Gasteiger partial charge is 0.326 e. The third-order valence-electron chi connectivity index (χ3n) is 3.24. The van der Waals surface area contributed by atoms with Crippen LogP contribution in [0, 0.1) is 0 Å². The van der Waals surface area contributed by atoms with Gasteiger partial charge in [-0.05, 0) is 19.3 Å². The molecule has 1 atom stereocenters. The van der Waals surface area contributed by atoms with E-state index in [-0.39, 0.29) is 12.1 Å². The number of urea groups is 1. The van der Waals surface area contributed by atoms with Crippen LogP contribution < -0.4 is 5.32 Å². The molecular formula is C12H22N2O4. The Balaban J connectivity index is 2.42. The standard InChI is InChI=1S/C12H22N2O4/c1-3-4-10(11(15)16)13-12(17)14-7-5-9(18-2)6-8-14/h9-10H,3-8H2,1-2H3,(H,13,17)(H,15,16)/t10-/m1/s1. The zero-order chi connectivity index (χ0) is 13.5. The first kappa shape index (κ1) is 14.8. The lowest BCUT2D eigenvalue weighted by Crippen LogP contribution is -2.50. The maximum absolute atomic E-state index is 11.9. The van der Waals surface area contributed by atoms with E-state index in [0.29, 0.717) is 19.5 Å². The highest BCUT2D eigenvalue weighted by atomic mass is 16.5. The van der Waals surface area contributed by atoms with Gasteiger partial charge in [-0.15, -0.1) is 0 Å². The summed E-state index contributed by atoms with van der Waals surface area (Å²) in [5.74, 6) is -0.975. The predicted molar refractivity (Wildman–Crippen MR) is 66.5 cm³/mol. The summed E-state index contributed by atoms with van der Waals surface area (Å²) in [6.45, 7) is 3.12. The molecule has 0 aliphatic carbocycles. The molecule has 0 bridgehead atoms. The van der Waals surface area contributed by atoms with Crippen molar-refractivity contribution in [2.75, 3.05) is 20.2 Å². The number of rotatable bonds is 5. The lowest BCUT2D eigenvalue weighted by atomic mass is 10.1. The molecule has 0 aromatic rings. The number of methoxy groups -OCH3 is 1. The predicted octanol–water partition coefficient (Wildman–Crippen LogP) is 1.06. The summed E-state index contributed by atoms with van der Waals surface area (Å²) in [5.41, 5.74) is 0. The highest BCUT2D eigenvalue weighted by Gasteiger charge is 2.26. The maximum atomic E-state index is 11.9. The molecule has 1 aliphatic rings. The van der Waals surface area contributed by atoms with Crippen molar-refractivity contribution in [2.24, 2.45) is 0 Å². The Bertz CT molecular complexity index is 288. The number of carboxylic acid groups (broad SMARTS) is 1. The molecule has 0 radical (unpaired) electrons. The van der Waals surface area contributed by atoms with E-state index in [4.69, 9.17) is 9.84 Å². The number of carbonyl (C=O) groups excluding carboxylic acids is 1. The molecule has 6 nitrogen and oxygen atoms in total. The molecule has 2 amide bonds. The Morgan fingerprint density at radius 2 is 2.06 bits per heavy atom. The quantitative estimate of drug-likeness (QED) is 0.773. The fourth-order valence-electron chi connectivity index (χ4n) is 2.08. The number of ether oxygens (including phenoxy) is 1. The van der Waals surface area contributed by atoms with Gasteiger partial charge >= 0.3 is 12.0 Å². The molecule has 0 unspecified atom stereocenters. The fourth-order valence-corrected chi connectivity index (χ4v) is 2.08. The van der Waals surface area contributed by atoms with Crippen LogP contribution in [0.15, 0.2) is 0 Å². The van der Waals surface area contributed by atoms with E-state index < -0.39 is 12.0 Å². The van der Waals surface area contributed by atoms with E-state index in [9.17, 15) is 9.59 Å². The SMILES string of the molecule is CCC[C@@H](NC(=O)N1CCC(OC)CC1)C(=O)O. The van der Waals surface area contributed by atoms with E-state index >= 15 is 0 Å². The zero-order valence-electron chi connectivity index (χ0n) is 11.0. The van der Waals surface area contributed by atoms with Gasteiger partial charge in [0.05, 0.1) is 6.10 Å². The largest absolute Gasteiger partial charge is 0.480 e. The number of aliphatic carboxylic acids is 1. The summed E-state index contributed by atoms with van der Waals surface area (Å²) in [6.07, 6.45) is 2.99. The molecule has 1 fully saturated rings. The van der Waals surface area contributed by atoms with Gasteiger partial charge in [0.15, 0.2) is 0 Å². The molecule has 1 aliphatic heterocycles. The van der Waals surface area contributed by atoms with E-state index in [1.165, 1.54) is 0 Å². The van der Waals surface area contributed by atoms with Crippen LogP contribution in [0.3, 0.4) is 0 Å². The van der Waals surface area contributed by atoms with E-state index in [1.54, 1.807) is 12.0 Å². The van der Waals surface area contributed by atoms with Crippen LogP contribution in [0.4, 0.5) is 4.79 Å². The molecule has 0 aromatic heterocycles. The van der Waals surface area contributed by atoms with Gasteiger partial charge in [0, 0.05) is 20.2 Å². The number of carbonyl (C=O) groups is 2. The van der Waals surface area contributed by atoms with Crippen LogP contribution in [0.1, 0.15) is 32.6 Å². The van der Waals surface area contributed by atoms with Gasteiger partial charge in [0.25, 0.3) is 0 Å². The number of piperidine rings is 1. The van der Waals surface area contributed by atoms with Gasteiger partial charge < -0.3 is 20.1 Å². The van der Waals surface area contributed by atoms with Gasteiger partial charge in [0.2, 0.25) is 0 Å². The fraction of sp³-hybridized carbons (Fsp3) is 0.833. The molecule has 0 spiro atoms. The number of amides is 2. The molecule has 2 N–H and O–H groups in total. The second-order valence-corrected chi connectivity index (χ2v) is 4.55. The first-order valence-electron chi connectivity index (χ1n) is 6.39. The first-order chi connectivity index (χ1) is 8.58. The van der Waals surface area contributed by atoms with Crippen molar-refractivity contribution in [1.82, 2.24) is 10.2 Å². The molecule has 6 heteroatoms. The average Bonchev–Trinajstić information content (AvgIpc) is 2.38. The highest BCUT2D eigenvalue weighted by molar-refractivity contribution is 5.82. The molecule has 0 aromatic carbocycles. The number of nitrogens with zero attached hydrogens (tertiary/aromatic N) is 1. The minimum absolute atomic E-state index is 0.208. The summed E-state index contributed by atoms with van der Waals surface area (Å²) in [6, 6.07) is -1.08. The molecule has 0 saturated carbocycles. The molecule has 18 heavy (non-hydrogen) atoms.